The lowest BCUT2D eigenvalue weighted by atomic mass is 9.43. The Morgan fingerprint density at radius 3 is 1.02 bits per heavy atom. The van der Waals surface area contributed by atoms with Gasteiger partial charge in [0.15, 0.2) is 12.6 Å². The molecule has 18 nitrogen and oxygen atoms in total. The molecular formula is C94H154O18. The largest absolute Gasteiger partial charge is 0.463 e. The van der Waals surface area contributed by atoms with E-state index in [0.717, 1.165) is 120 Å². The van der Waals surface area contributed by atoms with Crippen LogP contribution >= 0.6 is 0 Å². The number of rotatable bonds is 23. The first-order chi connectivity index (χ1) is 52.6. The van der Waals surface area contributed by atoms with E-state index in [1.807, 2.05) is 34.6 Å². The summed E-state index contributed by atoms with van der Waals surface area (Å²) in [6, 6.07) is 0. The molecule has 0 saturated heterocycles. The minimum absolute atomic E-state index is 0.0372. The third-order valence-electron chi connectivity index (χ3n) is 34.1. The average Bonchev–Trinajstić information content (AvgIpc) is 1.45. The first kappa shape index (κ1) is 90.0. The van der Waals surface area contributed by atoms with Crippen LogP contribution in [0.1, 0.15) is 344 Å². The third kappa shape index (κ3) is 19.5. The Labute approximate surface area is 675 Å². The zero-order valence-corrected chi connectivity index (χ0v) is 73.6. The van der Waals surface area contributed by atoms with Gasteiger partial charge in [-0.15, -0.1) is 0 Å². The highest BCUT2D eigenvalue weighted by Gasteiger charge is 2.68. The Kier molecular flexibility index (Phi) is 29.7. The van der Waals surface area contributed by atoms with E-state index in [2.05, 4.69) is 62.3 Å². The molecule has 0 bridgehead atoms. The van der Waals surface area contributed by atoms with Crippen molar-refractivity contribution in [2.75, 3.05) is 13.2 Å². The summed E-state index contributed by atoms with van der Waals surface area (Å²) in [7, 11) is 0. The van der Waals surface area contributed by atoms with E-state index in [1.54, 1.807) is 34.6 Å². The molecule has 12 fully saturated rings. The van der Waals surface area contributed by atoms with Crippen LogP contribution in [0.2, 0.25) is 0 Å². The maximum Gasteiger partial charge on any atom is 0.308 e. The van der Waals surface area contributed by atoms with Crippen LogP contribution in [0.4, 0.5) is 0 Å². The van der Waals surface area contributed by atoms with Crippen molar-refractivity contribution >= 4 is 47.8 Å². The van der Waals surface area contributed by atoms with Crippen LogP contribution in [0, 0.1) is 139 Å². The van der Waals surface area contributed by atoms with E-state index in [0.29, 0.717) is 132 Å². The number of hydrogen-bond acceptors (Lipinski definition) is 18. The van der Waals surface area contributed by atoms with Crippen LogP contribution in [0.3, 0.4) is 0 Å². The van der Waals surface area contributed by atoms with E-state index in [4.69, 9.17) is 47.4 Å². The molecular weight excluding hydrogens is 1420 g/mol. The second-order valence-corrected chi connectivity index (χ2v) is 41.1. The SMILES string of the molecule is CC(=O)OC1CCC2(C)C(CCC3C2CC(OC(C)=O)C2(C)C(C(C)CCC(=O)OC(C)(C)C)CCC32)C1.CCOC(C)OC(=O)CCC(C)C1CCC2C3CCC4CC(OC(C)=O)CCC4(C)C3CC(OC(C)=O)C12C.CCOC(C)OC(=O)CCC(C)C1CCC2C3CCC4CC(OC(C)=O)CCC4(C)C3CCC12C. The molecule has 0 N–H and O–H groups in total. The molecule has 0 aromatic rings. The molecule has 12 rings (SSSR count). The lowest BCUT2D eigenvalue weighted by Gasteiger charge is -2.62. The van der Waals surface area contributed by atoms with Gasteiger partial charge in [-0.3, -0.25) is 38.4 Å². The van der Waals surface area contributed by atoms with E-state index < -0.39 is 18.2 Å². The van der Waals surface area contributed by atoms with Gasteiger partial charge in [0, 0.05) is 77.9 Å². The Morgan fingerprint density at radius 1 is 0.348 bits per heavy atom. The molecule has 31 atom stereocenters. The van der Waals surface area contributed by atoms with Crippen molar-refractivity contribution in [3.63, 3.8) is 0 Å². The van der Waals surface area contributed by atoms with Gasteiger partial charge < -0.3 is 47.4 Å². The van der Waals surface area contributed by atoms with E-state index in [1.165, 1.54) is 90.9 Å². The second-order valence-electron chi connectivity index (χ2n) is 41.1. The van der Waals surface area contributed by atoms with Crippen LogP contribution in [0.5, 0.6) is 0 Å². The number of carbonyl (C=O) groups excluding carboxylic acids is 8. The molecule has 638 valence electrons. The highest BCUT2D eigenvalue weighted by atomic mass is 16.7. The molecule has 12 saturated carbocycles. The minimum atomic E-state index is -0.518. The monoisotopic (exact) mass is 1570 g/mol. The molecule has 112 heavy (non-hydrogen) atoms. The highest BCUT2D eigenvalue weighted by molar-refractivity contribution is 5.71. The summed E-state index contributed by atoms with van der Waals surface area (Å²) in [6.07, 6.45) is 31.3. The van der Waals surface area contributed by atoms with Crippen LogP contribution in [0.15, 0.2) is 0 Å². The van der Waals surface area contributed by atoms with E-state index >= 15 is 0 Å². The van der Waals surface area contributed by atoms with Gasteiger partial charge in [0.25, 0.3) is 0 Å². The summed E-state index contributed by atoms with van der Waals surface area (Å²) < 4.78 is 56.5. The van der Waals surface area contributed by atoms with Crippen molar-refractivity contribution in [1.82, 2.24) is 0 Å². The fourth-order valence-corrected chi connectivity index (χ4v) is 29.3. The number of hydrogen-bond donors (Lipinski definition) is 0. The molecule has 12 aliphatic carbocycles. The van der Waals surface area contributed by atoms with Crippen LogP contribution in [-0.4, -0.2) is 110 Å². The fourth-order valence-electron chi connectivity index (χ4n) is 29.3. The summed E-state index contributed by atoms with van der Waals surface area (Å²) >= 11 is 0. The van der Waals surface area contributed by atoms with Gasteiger partial charge in [-0.25, -0.2) is 0 Å². The van der Waals surface area contributed by atoms with Crippen molar-refractivity contribution in [2.24, 2.45) is 139 Å². The first-order valence-corrected chi connectivity index (χ1v) is 45.3. The van der Waals surface area contributed by atoms with Gasteiger partial charge in [-0.1, -0.05) is 62.3 Å². The second kappa shape index (κ2) is 36.9. The molecule has 0 aromatic carbocycles. The number of fused-ring (bicyclic) bond motifs is 15. The zero-order valence-electron chi connectivity index (χ0n) is 73.6. The Hall–Kier alpha value is -4.32. The quantitative estimate of drug-likeness (QED) is 0.0526. The minimum Gasteiger partial charge on any atom is -0.463 e. The van der Waals surface area contributed by atoms with Crippen molar-refractivity contribution in [3.8, 4) is 0 Å². The predicted octanol–water partition coefficient (Wildman–Crippen LogP) is 20.3. The average molecular weight is 1570 g/mol. The van der Waals surface area contributed by atoms with E-state index in [9.17, 15) is 38.4 Å². The van der Waals surface area contributed by atoms with Crippen LogP contribution < -0.4 is 0 Å². The standard InChI is InChI=1S/C32H52O7.C32H52O6.C30H50O5/c1-8-36-22(5)39-30(35)14-9-19(2)26-12-13-27-25-11-10-23-17-24(37-20(3)33)15-16-31(23,6)28(25)18-29(32(26,27)7)38-21(4)34;1-19(9-14-29(35)38-30(4,5)6)25-12-13-26-24-11-10-22-17-23(36-20(2)33)15-16-31(22,7)27(24)18-28(32(25,26)8)37-21(3)34;1-7-33-21(4)35-28(32)13-8-19(2)25-11-12-26-24-10-9-22-18-23(34-20(3)31)14-16-29(22,5)27(24)15-17-30(25,26)6/h19,22-29H,8-18H2,1-7H3;19,22-28H,9-18H2,1-8H3;19,21-27H,7-18H2,1-6H3. The van der Waals surface area contributed by atoms with Gasteiger partial charge in [0.2, 0.25) is 0 Å². The number of carbonyl (C=O) groups is 8. The molecule has 0 heterocycles. The molecule has 0 aromatic heterocycles. The number of esters is 8. The fraction of sp³-hybridized carbons (Fsp3) is 0.915. The lowest BCUT2D eigenvalue weighted by molar-refractivity contribution is -0.198. The molecule has 0 aliphatic heterocycles. The third-order valence-corrected chi connectivity index (χ3v) is 34.1. The maximum absolute atomic E-state index is 12.5. The Morgan fingerprint density at radius 2 is 0.661 bits per heavy atom. The van der Waals surface area contributed by atoms with Gasteiger partial charge in [-0.2, -0.15) is 0 Å². The molecule has 18 heteroatoms. The molecule has 0 radical (unpaired) electrons. The predicted molar refractivity (Wildman–Crippen MR) is 430 cm³/mol. The Bertz CT molecular complexity index is 3230. The molecule has 31 unspecified atom stereocenters. The van der Waals surface area contributed by atoms with Gasteiger partial charge in [0.1, 0.15) is 36.1 Å². The topological polar surface area (TPSA) is 229 Å². The summed E-state index contributed by atoms with van der Waals surface area (Å²) in [4.78, 5) is 96.8. The van der Waals surface area contributed by atoms with Gasteiger partial charge in [-0.05, 0) is 356 Å². The highest BCUT2D eigenvalue weighted by Crippen LogP contribution is 2.73. The summed E-state index contributed by atoms with van der Waals surface area (Å²) in [5, 5.41) is 0. The number of ether oxygens (including phenoxy) is 10. The van der Waals surface area contributed by atoms with Crippen molar-refractivity contribution in [2.45, 2.75) is 393 Å². The van der Waals surface area contributed by atoms with Crippen LogP contribution in [0.25, 0.3) is 0 Å². The van der Waals surface area contributed by atoms with Crippen molar-refractivity contribution in [3.05, 3.63) is 0 Å². The normalized spacial score (nSPS) is 41.4. The van der Waals surface area contributed by atoms with Gasteiger partial charge in [0.05, 0.1) is 0 Å². The smallest absolute Gasteiger partial charge is 0.308 e. The van der Waals surface area contributed by atoms with Crippen molar-refractivity contribution < 1.29 is 85.7 Å². The summed E-state index contributed by atoms with van der Waals surface area (Å²) in [6.45, 7) is 43.7. The molecule has 0 spiro atoms. The summed E-state index contributed by atoms with van der Waals surface area (Å²) in [5.41, 5.74) is 0.567. The molecule has 12 aliphatic rings. The maximum atomic E-state index is 12.5. The lowest BCUT2D eigenvalue weighted by Crippen LogP contribution is -2.59. The summed E-state index contributed by atoms with van der Waals surface area (Å²) in [5.74, 6) is 9.08. The zero-order chi connectivity index (χ0) is 82.0. The van der Waals surface area contributed by atoms with E-state index in [-0.39, 0.29) is 99.9 Å². The van der Waals surface area contributed by atoms with Gasteiger partial charge >= 0.3 is 47.8 Å². The molecule has 0 amide bonds. The Balaban J connectivity index is 0.000000179. The van der Waals surface area contributed by atoms with Crippen molar-refractivity contribution in [1.29, 1.82) is 0 Å². The first-order valence-electron chi connectivity index (χ1n) is 45.3. The van der Waals surface area contributed by atoms with Crippen LogP contribution in [-0.2, 0) is 85.7 Å².